The number of amides is 2. The van der Waals surface area contributed by atoms with Gasteiger partial charge in [0.2, 0.25) is 0 Å². The minimum atomic E-state index is -4.45. The number of para-hydroxylation sites is 1. The summed E-state index contributed by atoms with van der Waals surface area (Å²) in [4.78, 5) is 13.3. The minimum absolute atomic E-state index is 0.192. The molecule has 122 valence electrons. The van der Waals surface area contributed by atoms with Gasteiger partial charge in [-0.1, -0.05) is 26.0 Å². The van der Waals surface area contributed by atoms with Crippen LogP contribution in [-0.2, 0) is 6.18 Å². The second kappa shape index (κ2) is 6.46. The Morgan fingerprint density at radius 1 is 1.36 bits per heavy atom. The van der Waals surface area contributed by atoms with Gasteiger partial charge in [0.15, 0.2) is 0 Å². The Labute approximate surface area is 127 Å². The molecule has 1 heterocycles. The van der Waals surface area contributed by atoms with E-state index >= 15 is 0 Å². The second-order valence-electron chi connectivity index (χ2n) is 5.72. The molecule has 0 spiro atoms. The van der Waals surface area contributed by atoms with Crippen molar-refractivity contribution in [2.45, 2.75) is 26.1 Å². The highest BCUT2D eigenvalue weighted by Gasteiger charge is 2.37. The zero-order valence-electron chi connectivity index (χ0n) is 12.5. The topological polar surface area (TPSA) is 41.6 Å². The molecule has 22 heavy (non-hydrogen) atoms. The molecule has 1 N–H and O–H groups in total. The molecule has 0 atom stereocenters. The number of benzene rings is 1. The number of urea groups is 1. The Balaban J connectivity index is 1.87. The number of hydrogen-bond donors (Lipinski definition) is 1. The predicted molar refractivity (Wildman–Crippen MR) is 75.7 cm³/mol. The Kier molecular flexibility index (Phi) is 4.83. The molecule has 0 bridgehead atoms. The van der Waals surface area contributed by atoms with Gasteiger partial charge in [-0.15, -0.1) is 0 Å². The number of alkyl halides is 3. The lowest BCUT2D eigenvalue weighted by molar-refractivity contribution is -0.139. The van der Waals surface area contributed by atoms with Crippen molar-refractivity contribution in [3.8, 4) is 5.75 Å². The first-order chi connectivity index (χ1) is 10.3. The normalized spacial score (nSPS) is 15.6. The van der Waals surface area contributed by atoms with Gasteiger partial charge in [-0.25, -0.2) is 4.79 Å². The number of carbonyl (C=O) groups is 1. The number of nitrogens with one attached hydrogen (secondary N) is 1. The van der Waals surface area contributed by atoms with E-state index in [4.69, 9.17) is 4.74 Å². The molecule has 0 radical (unpaired) electrons. The van der Waals surface area contributed by atoms with Crippen LogP contribution in [0.15, 0.2) is 24.3 Å². The van der Waals surface area contributed by atoms with Crippen molar-refractivity contribution in [1.29, 1.82) is 0 Å². The van der Waals surface area contributed by atoms with Gasteiger partial charge in [-0.2, -0.15) is 13.2 Å². The first-order valence-corrected chi connectivity index (χ1v) is 7.13. The third kappa shape index (κ3) is 4.05. The molecule has 1 fully saturated rings. The van der Waals surface area contributed by atoms with Crippen molar-refractivity contribution in [2.75, 3.05) is 19.6 Å². The fraction of sp³-hybridized carbons (Fsp3) is 0.533. The molecule has 0 saturated carbocycles. The van der Waals surface area contributed by atoms with Crippen LogP contribution in [-0.4, -0.2) is 36.7 Å². The molecule has 1 aromatic carbocycles. The summed E-state index contributed by atoms with van der Waals surface area (Å²) < 4.78 is 43.9. The molecule has 1 aromatic rings. The summed E-state index contributed by atoms with van der Waals surface area (Å²) in [5.74, 6) is 0.151. The Bertz CT molecular complexity index is 526. The van der Waals surface area contributed by atoms with Gasteiger partial charge in [0.1, 0.15) is 11.9 Å². The highest BCUT2D eigenvalue weighted by atomic mass is 19.4. The van der Waals surface area contributed by atoms with E-state index in [-0.39, 0.29) is 24.9 Å². The summed E-state index contributed by atoms with van der Waals surface area (Å²) in [5, 5.41) is 2.76. The number of halogens is 3. The van der Waals surface area contributed by atoms with Crippen LogP contribution in [0.5, 0.6) is 5.75 Å². The molecule has 1 saturated heterocycles. The minimum Gasteiger partial charge on any atom is -0.486 e. The van der Waals surface area contributed by atoms with Crippen LogP contribution in [0.4, 0.5) is 18.0 Å². The predicted octanol–water partition coefficient (Wildman–Crippen LogP) is 3.13. The van der Waals surface area contributed by atoms with Gasteiger partial charge in [0.05, 0.1) is 18.7 Å². The number of likely N-dealkylation sites (tertiary alicyclic amines) is 1. The fourth-order valence-corrected chi connectivity index (χ4v) is 2.06. The molecule has 1 aliphatic heterocycles. The van der Waals surface area contributed by atoms with E-state index < -0.39 is 17.8 Å². The highest BCUT2D eigenvalue weighted by Crippen LogP contribution is 2.36. The lowest BCUT2D eigenvalue weighted by Crippen LogP contribution is -2.59. The van der Waals surface area contributed by atoms with Crippen molar-refractivity contribution < 1.29 is 22.7 Å². The summed E-state index contributed by atoms with van der Waals surface area (Å²) in [6, 6.07) is 4.89. The maximum atomic E-state index is 12.8. The largest absolute Gasteiger partial charge is 0.486 e. The van der Waals surface area contributed by atoms with Gasteiger partial charge in [0.25, 0.3) is 0 Å². The SMILES string of the molecule is CC(C)CNC(=O)N1CC(Oc2ccccc2C(F)(F)F)C1. The van der Waals surface area contributed by atoms with E-state index in [1.807, 2.05) is 13.8 Å². The van der Waals surface area contributed by atoms with Crippen molar-refractivity contribution in [1.82, 2.24) is 10.2 Å². The number of rotatable bonds is 4. The van der Waals surface area contributed by atoms with Crippen LogP contribution in [0.25, 0.3) is 0 Å². The third-order valence-electron chi connectivity index (χ3n) is 3.28. The maximum Gasteiger partial charge on any atom is 0.419 e. The van der Waals surface area contributed by atoms with Crippen LogP contribution in [0.3, 0.4) is 0 Å². The van der Waals surface area contributed by atoms with Gasteiger partial charge >= 0.3 is 12.2 Å². The summed E-state index contributed by atoms with van der Waals surface area (Å²) in [6.45, 7) is 5.11. The third-order valence-corrected chi connectivity index (χ3v) is 3.28. The zero-order valence-corrected chi connectivity index (χ0v) is 12.5. The molecule has 1 aliphatic rings. The van der Waals surface area contributed by atoms with E-state index in [2.05, 4.69) is 5.32 Å². The number of hydrogen-bond acceptors (Lipinski definition) is 2. The average Bonchev–Trinajstić information content (AvgIpc) is 2.39. The number of ether oxygens (including phenoxy) is 1. The van der Waals surface area contributed by atoms with Crippen molar-refractivity contribution in [3.63, 3.8) is 0 Å². The molecule has 2 amide bonds. The summed E-state index contributed by atoms with van der Waals surface area (Å²) >= 11 is 0. The first kappa shape index (κ1) is 16.5. The fourth-order valence-electron chi connectivity index (χ4n) is 2.06. The molecule has 0 aromatic heterocycles. The van der Waals surface area contributed by atoms with E-state index in [0.29, 0.717) is 12.5 Å². The molecular weight excluding hydrogens is 297 g/mol. The Hall–Kier alpha value is -1.92. The highest BCUT2D eigenvalue weighted by molar-refractivity contribution is 5.75. The molecule has 0 unspecified atom stereocenters. The quantitative estimate of drug-likeness (QED) is 0.927. The van der Waals surface area contributed by atoms with E-state index in [1.54, 1.807) is 0 Å². The summed E-state index contributed by atoms with van der Waals surface area (Å²) in [6.07, 6.45) is -4.86. The van der Waals surface area contributed by atoms with Crippen LogP contribution >= 0.6 is 0 Å². The van der Waals surface area contributed by atoms with Gasteiger partial charge < -0.3 is 15.0 Å². The van der Waals surface area contributed by atoms with Crippen molar-refractivity contribution >= 4 is 6.03 Å². The number of carbonyl (C=O) groups excluding carboxylic acids is 1. The van der Waals surface area contributed by atoms with E-state index in [1.165, 1.54) is 23.1 Å². The maximum absolute atomic E-state index is 12.8. The monoisotopic (exact) mass is 316 g/mol. The molecule has 2 rings (SSSR count). The Morgan fingerprint density at radius 2 is 2.00 bits per heavy atom. The van der Waals surface area contributed by atoms with E-state index in [9.17, 15) is 18.0 Å². The van der Waals surface area contributed by atoms with Crippen LogP contribution in [0.1, 0.15) is 19.4 Å². The van der Waals surface area contributed by atoms with Gasteiger partial charge in [-0.05, 0) is 18.1 Å². The molecule has 7 heteroatoms. The molecule has 4 nitrogen and oxygen atoms in total. The standard InChI is InChI=1S/C15H19F3N2O2/c1-10(2)7-19-14(21)20-8-11(9-20)22-13-6-4-3-5-12(13)15(16,17)18/h3-6,10-11H,7-9H2,1-2H3,(H,19,21). The number of nitrogens with zero attached hydrogens (tertiary/aromatic N) is 1. The van der Waals surface area contributed by atoms with Crippen LogP contribution in [0, 0.1) is 5.92 Å². The van der Waals surface area contributed by atoms with Crippen molar-refractivity contribution in [2.24, 2.45) is 5.92 Å². The van der Waals surface area contributed by atoms with Gasteiger partial charge in [0, 0.05) is 6.54 Å². The summed E-state index contributed by atoms with van der Waals surface area (Å²) in [5.41, 5.74) is -0.794. The van der Waals surface area contributed by atoms with Crippen molar-refractivity contribution in [3.05, 3.63) is 29.8 Å². The average molecular weight is 316 g/mol. The second-order valence-corrected chi connectivity index (χ2v) is 5.72. The van der Waals surface area contributed by atoms with E-state index in [0.717, 1.165) is 6.07 Å². The molecule has 0 aliphatic carbocycles. The van der Waals surface area contributed by atoms with Crippen LogP contribution in [0.2, 0.25) is 0 Å². The Morgan fingerprint density at radius 3 is 2.59 bits per heavy atom. The smallest absolute Gasteiger partial charge is 0.419 e. The lowest BCUT2D eigenvalue weighted by atomic mass is 10.1. The zero-order chi connectivity index (χ0) is 16.3. The molecular formula is C15H19F3N2O2. The lowest BCUT2D eigenvalue weighted by Gasteiger charge is -2.39. The van der Waals surface area contributed by atoms with Gasteiger partial charge in [-0.3, -0.25) is 0 Å². The first-order valence-electron chi connectivity index (χ1n) is 7.13. The van der Waals surface area contributed by atoms with Crippen LogP contribution < -0.4 is 10.1 Å². The summed E-state index contributed by atoms with van der Waals surface area (Å²) in [7, 11) is 0.